The van der Waals surface area contributed by atoms with Crippen LogP contribution in [-0.4, -0.2) is 9.55 Å². The molecule has 0 aliphatic rings. The van der Waals surface area contributed by atoms with E-state index in [0.717, 1.165) is 10.7 Å². The largest absolute Gasteiger partial charge is 0.353 e. The van der Waals surface area contributed by atoms with Crippen LogP contribution in [0.4, 0.5) is 0 Å². The summed E-state index contributed by atoms with van der Waals surface area (Å²) in [5, 5.41) is 0.937. The topological polar surface area (TPSA) is 34.9 Å². The maximum atomic E-state index is 12.0. The van der Waals surface area contributed by atoms with Crippen LogP contribution in [0.15, 0.2) is 29.2 Å². The fourth-order valence-electron chi connectivity index (χ4n) is 1.69. The zero-order valence-electron chi connectivity index (χ0n) is 11.2. The minimum absolute atomic E-state index is 0.196. The molecule has 0 spiro atoms. The normalized spacial score (nSPS) is 11.4. The third-order valence-electron chi connectivity index (χ3n) is 2.84. The Labute approximate surface area is 111 Å². The summed E-state index contributed by atoms with van der Waals surface area (Å²) in [5.74, 6) is 0.768. The average molecular weight is 262 g/mol. The Morgan fingerprint density at radius 3 is 2.33 bits per heavy atom. The molecule has 4 heteroatoms. The molecule has 2 aromatic rings. The zero-order chi connectivity index (χ0) is 13.3. The molecule has 2 aromatic heterocycles. The second kappa shape index (κ2) is 5.06. The number of aromatic nitrogens is 2. The summed E-state index contributed by atoms with van der Waals surface area (Å²) in [6.07, 6.45) is 1.82. The van der Waals surface area contributed by atoms with E-state index in [4.69, 9.17) is 0 Å². The molecule has 18 heavy (non-hydrogen) atoms. The predicted octanol–water partition coefficient (Wildman–Crippen LogP) is 3.54. The summed E-state index contributed by atoms with van der Waals surface area (Å²) in [7, 11) is 0. The van der Waals surface area contributed by atoms with E-state index in [1.165, 1.54) is 4.88 Å². The van der Waals surface area contributed by atoms with Gasteiger partial charge in [-0.3, -0.25) is 4.57 Å². The van der Waals surface area contributed by atoms with Crippen LogP contribution in [0.25, 0.3) is 5.00 Å². The molecule has 0 aliphatic heterocycles. The molecule has 0 aliphatic carbocycles. The van der Waals surface area contributed by atoms with Gasteiger partial charge in [0.1, 0.15) is 5.00 Å². The smallest absolute Gasteiger partial charge is 0.259 e. The molecule has 96 valence electrons. The average Bonchev–Trinajstić information content (AvgIpc) is 2.78. The van der Waals surface area contributed by atoms with E-state index in [1.54, 1.807) is 15.9 Å². The summed E-state index contributed by atoms with van der Waals surface area (Å²) in [6.45, 7) is 8.37. The Bertz CT molecular complexity index is 596. The Hall–Kier alpha value is -1.42. The van der Waals surface area contributed by atoms with Crippen molar-refractivity contribution in [1.29, 1.82) is 0 Å². The lowest BCUT2D eigenvalue weighted by Crippen LogP contribution is -2.21. The molecule has 3 nitrogen and oxygen atoms in total. The van der Waals surface area contributed by atoms with Crippen LogP contribution in [0.1, 0.15) is 50.1 Å². The molecule has 0 N–H and O–H groups in total. The first-order valence-corrected chi connectivity index (χ1v) is 7.00. The maximum Gasteiger partial charge on any atom is 0.353 e. The first-order valence-electron chi connectivity index (χ1n) is 6.18. The predicted molar refractivity (Wildman–Crippen MR) is 75.9 cm³/mol. The SMILES string of the molecule is CC(C)c1ccn(-c2ccc(C(C)C)s2)c(=O)n1. The van der Waals surface area contributed by atoms with Crippen LogP contribution in [0.5, 0.6) is 0 Å². The lowest BCUT2D eigenvalue weighted by atomic mass is 10.1. The Morgan fingerprint density at radius 1 is 1.11 bits per heavy atom. The maximum absolute atomic E-state index is 12.0. The van der Waals surface area contributed by atoms with Gasteiger partial charge in [0.25, 0.3) is 0 Å². The van der Waals surface area contributed by atoms with E-state index in [9.17, 15) is 4.79 Å². The van der Waals surface area contributed by atoms with Gasteiger partial charge in [0.05, 0.1) is 5.69 Å². The van der Waals surface area contributed by atoms with Crippen molar-refractivity contribution >= 4 is 11.3 Å². The Morgan fingerprint density at radius 2 is 1.83 bits per heavy atom. The second-order valence-electron chi connectivity index (χ2n) is 4.99. The third kappa shape index (κ3) is 2.53. The standard InChI is InChI=1S/C14H18N2OS/c1-9(2)11-7-8-16(14(17)15-11)13-6-5-12(18-13)10(3)4/h5-10H,1-4H3. The van der Waals surface area contributed by atoms with Crippen LogP contribution in [0.2, 0.25) is 0 Å². The molecule has 0 bridgehead atoms. The summed E-state index contributed by atoms with van der Waals surface area (Å²) >= 11 is 1.65. The van der Waals surface area contributed by atoms with Crippen molar-refractivity contribution < 1.29 is 0 Å². The highest BCUT2D eigenvalue weighted by Gasteiger charge is 2.09. The van der Waals surface area contributed by atoms with Crippen molar-refractivity contribution in [2.45, 2.75) is 39.5 Å². The lowest BCUT2D eigenvalue weighted by Gasteiger charge is -2.06. The summed E-state index contributed by atoms with van der Waals surface area (Å²) in [5.41, 5.74) is 0.648. The van der Waals surface area contributed by atoms with Crippen LogP contribution < -0.4 is 5.69 Å². The van der Waals surface area contributed by atoms with Crippen LogP contribution in [0.3, 0.4) is 0 Å². The van der Waals surface area contributed by atoms with Gasteiger partial charge in [-0.15, -0.1) is 11.3 Å². The monoisotopic (exact) mass is 262 g/mol. The third-order valence-corrected chi connectivity index (χ3v) is 4.22. The number of hydrogen-bond donors (Lipinski definition) is 0. The van der Waals surface area contributed by atoms with Crippen molar-refractivity contribution in [1.82, 2.24) is 9.55 Å². The molecule has 0 amide bonds. The Balaban J connectivity index is 2.41. The molecule has 2 heterocycles. The second-order valence-corrected chi connectivity index (χ2v) is 6.08. The number of nitrogens with zero attached hydrogens (tertiary/aromatic N) is 2. The number of thiophene rings is 1. The van der Waals surface area contributed by atoms with E-state index in [0.29, 0.717) is 5.92 Å². The zero-order valence-corrected chi connectivity index (χ0v) is 12.0. The first-order chi connectivity index (χ1) is 8.49. The molecule has 0 fully saturated rings. The number of rotatable bonds is 3. The van der Waals surface area contributed by atoms with Gasteiger partial charge in [0, 0.05) is 11.1 Å². The van der Waals surface area contributed by atoms with E-state index in [1.807, 2.05) is 32.2 Å². The lowest BCUT2D eigenvalue weighted by molar-refractivity contribution is 0.781. The van der Waals surface area contributed by atoms with Crippen molar-refractivity contribution in [3.05, 3.63) is 45.5 Å². The van der Waals surface area contributed by atoms with E-state index in [-0.39, 0.29) is 11.6 Å². The van der Waals surface area contributed by atoms with Gasteiger partial charge in [-0.05, 0) is 30.0 Å². The molecule has 0 radical (unpaired) electrons. The van der Waals surface area contributed by atoms with Crippen molar-refractivity contribution in [2.75, 3.05) is 0 Å². The van der Waals surface area contributed by atoms with Gasteiger partial charge in [0.2, 0.25) is 0 Å². The highest BCUT2D eigenvalue weighted by atomic mass is 32.1. The minimum atomic E-state index is -0.196. The van der Waals surface area contributed by atoms with Crippen molar-refractivity contribution in [3.8, 4) is 5.00 Å². The van der Waals surface area contributed by atoms with Gasteiger partial charge < -0.3 is 0 Å². The molecular weight excluding hydrogens is 244 g/mol. The minimum Gasteiger partial charge on any atom is -0.259 e. The fraction of sp³-hybridized carbons (Fsp3) is 0.429. The molecule has 0 atom stereocenters. The van der Waals surface area contributed by atoms with E-state index >= 15 is 0 Å². The highest BCUT2D eigenvalue weighted by Crippen LogP contribution is 2.26. The van der Waals surface area contributed by atoms with Gasteiger partial charge in [-0.2, -0.15) is 4.98 Å². The van der Waals surface area contributed by atoms with Gasteiger partial charge in [-0.1, -0.05) is 27.7 Å². The first kappa shape index (κ1) is 13.0. The summed E-state index contributed by atoms with van der Waals surface area (Å²) in [4.78, 5) is 17.4. The molecular formula is C14H18N2OS. The molecule has 0 saturated heterocycles. The van der Waals surface area contributed by atoms with Gasteiger partial charge in [0.15, 0.2) is 0 Å². The van der Waals surface area contributed by atoms with Crippen molar-refractivity contribution in [3.63, 3.8) is 0 Å². The van der Waals surface area contributed by atoms with E-state index < -0.39 is 0 Å². The summed E-state index contributed by atoms with van der Waals surface area (Å²) < 4.78 is 1.61. The quantitative estimate of drug-likeness (QED) is 0.848. The molecule has 2 rings (SSSR count). The molecule has 0 aromatic carbocycles. The summed E-state index contributed by atoms with van der Waals surface area (Å²) in [6, 6.07) is 5.98. The van der Waals surface area contributed by atoms with Gasteiger partial charge in [-0.25, -0.2) is 4.79 Å². The van der Waals surface area contributed by atoms with E-state index in [2.05, 4.69) is 24.9 Å². The van der Waals surface area contributed by atoms with Crippen LogP contribution >= 0.6 is 11.3 Å². The number of hydrogen-bond acceptors (Lipinski definition) is 3. The van der Waals surface area contributed by atoms with Crippen LogP contribution in [0, 0.1) is 0 Å². The molecule has 0 saturated carbocycles. The fourth-order valence-corrected chi connectivity index (χ4v) is 2.67. The molecule has 0 unspecified atom stereocenters. The van der Waals surface area contributed by atoms with Crippen molar-refractivity contribution in [2.24, 2.45) is 0 Å². The van der Waals surface area contributed by atoms with Gasteiger partial charge >= 0.3 is 5.69 Å². The Kier molecular flexibility index (Phi) is 3.66. The van der Waals surface area contributed by atoms with Crippen LogP contribution in [-0.2, 0) is 0 Å². The highest BCUT2D eigenvalue weighted by molar-refractivity contribution is 7.14.